The van der Waals surface area contributed by atoms with Crippen molar-refractivity contribution < 1.29 is 13.2 Å². The molecule has 2 heterocycles. The van der Waals surface area contributed by atoms with E-state index in [0.717, 1.165) is 0 Å². The van der Waals surface area contributed by atoms with E-state index in [2.05, 4.69) is 15.3 Å². The fourth-order valence-electron chi connectivity index (χ4n) is 1.86. The zero-order valence-electron chi connectivity index (χ0n) is 10.3. The summed E-state index contributed by atoms with van der Waals surface area (Å²) in [5.74, 6) is 1.48. The number of hydrogen-bond acceptors (Lipinski definition) is 6. The summed E-state index contributed by atoms with van der Waals surface area (Å²) in [6.07, 6.45) is 2.83. The topological polar surface area (TPSA) is 81.2 Å². The van der Waals surface area contributed by atoms with E-state index < -0.39 is 9.84 Å². The van der Waals surface area contributed by atoms with E-state index in [0.29, 0.717) is 31.3 Å². The molecular weight excluding hydrogens is 254 g/mol. The Bertz CT molecular complexity index is 490. The first-order valence-corrected chi connectivity index (χ1v) is 7.84. The van der Waals surface area contributed by atoms with E-state index >= 15 is 0 Å². The third kappa shape index (κ3) is 3.56. The minimum atomic E-state index is -2.83. The van der Waals surface area contributed by atoms with Gasteiger partial charge >= 0.3 is 0 Å². The summed E-state index contributed by atoms with van der Waals surface area (Å²) in [6, 6.07) is 1.81. The highest BCUT2D eigenvalue weighted by molar-refractivity contribution is 7.91. The molecule has 0 amide bonds. The molecule has 6 nitrogen and oxygen atoms in total. The average Bonchev–Trinajstić information content (AvgIpc) is 2.33. The van der Waals surface area contributed by atoms with Gasteiger partial charge in [-0.25, -0.2) is 13.4 Å². The smallest absolute Gasteiger partial charge is 0.226 e. The largest absolute Gasteiger partial charge is 0.478 e. The predicted octanol–water partition coefficient (Wildman–Crippen LogP) is 0.864. The SMILES string of the molecule is CCOc1ccnc(NC2CCS(=O)(=O)CC2)n1. The Kier molecular flexibility index (Phi) is 4.00. The Morgan fingerprint density at radius 3 is 2.83 bits per heavy atom. The third-order valence-corrected chi connectivity index (χ3v) is 4.53. The van der Waals surface area contributed by atoms with E-state index in [1.54, 1.807) is 12.3 Å². The summed E-state index contributed by atoms with van der Waals surface area (Å²) in [4.78, 5) is 8.30. The molecule has 1 saturated heterocycles. The van der Waals surface area contributed by atoms with Crippen molar-refractivity contribution in [3.8, 4) is 5.88 Å². The van der Waals surface area contributed by atoms with Gasteiger partial charge in [-0.1, -0.05) is 0 Å². The second-order valence-electron chi connectivity index (χ2n) is 4.22. The summed E-state index contributed by atoms with van der Waals surface area (Å²) < 4.78 is 27.9. The molecule has 7 heteroatoms. The Labute approximate surface area is 107 Å². The van der Waals surface area contributed by atoms with Gasteiger partial charge in [-0.2, -0.15) is 4.98 Å². The van der Waals surface area contributed by atoms with Crippen LogP contribution in [-0.4, -0.2) is 42.5 Å². The molecule has 1 aromatic heterocycles. The first-order chi connectivity index (χ1) is 8.59. The van der Waals surface area contributed by atoms with Crippen LogP contribution in [-0.2, 0) is 9.84 Å². The first-order valence-electron chi connectivity index (χ1n) is 6.02. The lowest BCUT2D eigenvalue weighted by Crippen LogP contribution is -2.32. The van der Waals surface area contributed by atoms with Gasteiger partial charge in [0.2, 0.25) is 11.8 Å². The molecule has 18 heavy (non-hydrogen) atoms. The molecular formula is C11H17N3O3S. The van der Waals surface area contributed by atoms with E-state index in [-0.39, 0.29) is 17.5 Å². The normalized spacial score (nSPS) is 19.4. The molecule has 0 bridgehead atoms. The fraction of sp³-hybridized carbons (Fsp3) is 0.636. The first kappa shape index (κ1) is 13.1. The maximum atomic E-state index is 11.3. The number of nitrogens with one attached hydrogen (secondary N) is 1. The molecule has 1 N–H and O–H groups in total. The molecule has 1 aromatic rings. The van der Waals surface area contributed by atoms with Crippen LogP contribution >= 0.6 is 0 Å². The summed E-state index contributed by atoms with van der Waals surface area (Å²) in [6.45, 7) is 2.44. The van der Waals surface area contributed by atoms with Crippen molar-refractivity contribution in [1.82, 2.24) is 9.97 Å². The van der Waals surface area contributed by atoms with Gasteiger partial charge in [-0.05, 0) is 19.8 Å². The monoisotopic (exact) mass is 271 g/mol. The number of hydrogen-bond donors (Lipinski definition) is 1. The Balaban J connectivity index is 1.95. The molecule has 100 valence electrons. The average molecular weight is 271 g/mol. The van der Waals surface area contributed by atoms with Crippen LogP contribution in [0.25, 0.3) is 0 Å². The van der Waals surface area contributed by atoms with E-state index in [9.17, 15) is 8.42 Å². The van der Waals surface area contributed by atoms with Gasteiger partial charge < -0.3 is 10.1 Å². The summed E-state index contributed by atoms with van der Waals surface area (Å²) in [5.41, 5.74) is 0. The van der Waals surface area contributed by atoms with Crippen LogP contribution in [0.1, 0.15) is 19.8 Å². The molecule has 0 saturated carbocycles. The molecule has 1 fully saturated rings. The standard InChI is InChI=1S/C11H17N3O3S/c1-2-17-10-3-6-12-11(14-10)13-9-4-7-18(15,16)8-5-9/h3,6,9H,2,4-5,7-8H2,1H3,(H,12,13,14). The van der Waals surface area contributed by atoms with E-state index in [4.69, 9.17) is 4.74 Å². The van der Waals surface area contributed by atoms with Crippen LogP contribution in [0.2, 0.25) is 0 Å². The molecule has 1 aliphatic rings. The Morgan fingerprint density at radius 1 is 1.44 bits per heavy atom. The van der Waals surface area contributed by atoms with Crippen molar-refractivity contribution in [1.29, 1.82) is 0 Å². The van der Waals surface area contributed by atoms with Gasteiger partial charge in [0.1, 0.15) is 9.84 Å². The zero-order valence-corrected chi connectivity index (χ0v) is 11.1. The second kappa shape index (κ2) is 5.51. The maximum Gasteiger partial charge on any atom is 0.226 e. The van der Waals surface area contributed by atoms with Gasteiger partial charge in [0.25, 0.3) is 0 Å². The molecule has 1 aliphatic heterocycles. The zero-order chi connectivity index (χ0) is 13.0. The van der Waals surface area contributed by atoms with Crippen molar-refractivity contribution in [3.63, 3.8) is 0 Å². The van der Waals surface area contributed by atoms with Crippen LogP contribution in [0, 0.1) is 0 Å². The van der Waals surface area contributed by atoms with E-state index in [1.807, 2.05) is 6.92 Å². The van der Waals surface area contributed by atoms with Gasteiger partial charge in [0.05, 0.1) is 18.1 Å². The number of nitrogens with zero attached hydrogens (tertiary/aromatic N) is 2. The summed E-state index contributed by atoms with van der Waals surface area (Å²) in [7, 11) is -2.83. The molecule has 0 radical (unpaired) electrons. The Hall–Kier alpha value is -1.37. The highest BCUT2D eigenvalue weighted by Crippen LogP contribution is 2.16. The van der Waals surface area contributed by atoms with Gasteiger partial charge in [-0.15, -0.1) is 0 Å². The highest BCUT2D eigenvalue weighted by Gasteiger charge is 2.23. The molecule has 2 rings (SSSR count). The quantitative estimate of drug-likeness (QED) is 0.875. The van der Waals surface area contributed by atoms with Crippen molar-refractivity contribution in [2.24, 2.45) is 0 Å². The number of anilines is 1. The van der Waals surface area contributed by atoms with Gasteiger partial charge in [0.15, 0.2) is 0 Å². The highest BCUT2D eigenvalue weighted by atomic mass is 32.2. The van der Waals surface area contributed by atoms with Crippen LogP contribution in [0.3, 0.4) is 0 Å². The van der Waals surface area contributed by atoms with Gasteiger partial charge in [-0.3, -0.25) is 0 Å². The minimum absolute atomic E-state index is 0.116. The number of aromatic nitrogens is 2. The lowest BCUT2D eigenvalue weighted by molar-refractivity contribution is 0.326. The van der Waals surface area contributed by atoms with Crippen molar-refractivity contribution in [2.45, 2.75) is 25.8 Å². The van der Waals surface area contributed by atoms with Crippen LogP contribution in [0.4, 0.5) is 5.95 Å². The maximum absolute atomic E-state index is 11.3. The molecule has 0 spiro atoms. The van der Waals surface area contributed by atoms with E-state index in [1.165, 1.54) is 0 Å². The van der Waals surface area contributed by atoms with Crippen LogP contribution < -0.4 is 10.1 Å². The number of sulfone groups is 1. The summed E-state index contributed by atoms with van der Waals surface area (Å²) >= 11 is 0. The minimum Gasteiger partial charge on any atom is -0.478 e. The second-order valence-corrected chi connectivity index (χ2v) is 6.53. The molecule has 0 atom stereocenters. The molecule has 0 unspecified atom stereocenters. The van der Waals surface area contributed by atoms with Crippen molar-refractivity contribution in [3.05, 3.63) is 12.3 Å². The van der Waals surface area contributed by atoms with Crippen LogP contribution in [0.5, 0.6) is 5.88 Å². The van der Waals surface area contributed by atoms with Crippen molar-refractivity contribution >= 4 is 15.8 Å². The lowest BCUT2D eigenvalue weighted by atomic mass is 10.2. The lowest BCUT2D eigenvalue weighted by Gasteiger charge is -2.22. The van der Waals surface area contributed by atoms with Crippen LogP contribution in [0.15, 0.2) is 12.3 Å². The fourth-order valence-corrected chi connectivity index (χ4v) is 3.35. The number of ether oxygens (including phenoxy) is 1. The van der Waals surface area contributed by atoms with Gasteiger partial charge in [0, 0.05) is 18.3 Å². The third-order valence-electron chi connectivity index (χ3n) is 2.81. The molecule has 0 aromatic carbocycles. The van der Waals surface area contributed by atoms with Crippen molar-refractivity contribution in [2.75, 3.05) is 23.4 Å². The molecule has 0 aliphatic carbocycles. The number of rotatable bonds is 4. The summed E-state index contributed by atoms with van der Waals surface area (Å²) in [5, 5.41) is 3.15. The Morgan fingerprint density at radius 2 is 2.17 bits per heavy atom. The predicted molar refractivity (Wildman–Crippen MR) is 68.5 cm³/mol.